The highest BCUT2D eigenvalue weighted by atomic mass is 35.5. The molecule has 1 aromatic rings. The van der Waals surface area contributed by atoms with E-state index in [2.05, 4.69) is 5.32 Å². The molecule has 0 aliphatic carbocycles. The Balaban J connectivity index is 2.05. The number of benzene rings is 1. The van der Waals surface area contributed by atoms with Gasteiger partial charge in [-0.3, -0.25) is 4.79 Å². The molecule has 0 aromatic heterocycles. The number of nitrogens with one attached hydrogen (secondary N) is 1. The van der Waals surface area contributed by atoms with Gasteiger partial charge in [-0.2, -0.15) is 0 Å². The lowest BCUT2D eigenvalue weighted by Crippen LogP contribution is -2.12. The van der Waals surface area contributed by atoms with E-state index < -0.39 is 0 Å². The van der Waals surface area contributed by atoms with Crippen molar-refractivity contribution in [3.8, 4) is 0 Å². The van der Waals surface area contributed by atoms with Crippen LogP contribution in [0.25, 0.3) is 0 Å². The van der Waals surface area contributed by atoms with E-state index in [4.69, 9.17) is 11.6 Å². The van der Waals surface area contributed by atoms with E-state index in [1.54, 1.807) is 6.07 Å². The Labute approximate surface area is 101 Å². The SMILES string of the molecule is Cc1ccc(C(=O)CC2CCNC2)cc1Cl. The van der Waals surface area contributed by atoms with Crippen molar-refractivity contribution in [2.45, 2.75) is 19.8 Å². The van der Waals surface area contributed by atoms with E-state index in [0.717, 1.165) is 30.6 Å². The van der Waals surface area contributed by atoms with Gasteiger partial charge >= 0.3 is 0 Å². The molecule has 1 fully saturated rings. The normalized spacial score (nSPS) is 20.0. The first-order chi connectivity index (χ1) is 7.66. The van der Waals surface area contributed by atoms with E-state index in [1.807, 2.05) is 19.1 Å². The van der Waals surface area contributed by atoms with Crippen LogP contribution in [-0.4, -0.2) is 18.9 Å². The van der Waals surface area contributed by atoms with Gasteiger partial charge in [0.2, 0.25) is 0 Å². The van der Waals surface area contributed by atoms with Gasteiger partial charge in [0, 0.05) is 17.0 Å². The zero-order valence-corrected chi connectivity index (χ0v) is 10.2. The lowest BCUT2D eigenvalue weighted by molar-refractivity contribution is 0.0964. The smallest absolute Gasteiger partial charge is 0.163 e. The van der Waals surface area contributed by atoms with Crippen molar-refractivity contribution >= 4 is 17.4 Å². The Morgan fingerprint density at radius 2 is 2.38 bits per heavy atom. The number of carbonyl (C=O) groups is 1. The van der Waals surface area contributed by atoms with Crippen molar-refractivity contribution in [1.29, 1.82) is 0 Å². The first kappa shape index (κ1) is 11.6. The van der Waals surface area contributed by atoms with Gasteiger partial charge in [0.05, 0.1) is 0 Å². The molecule has 1 atom stereocenters. The van der Waals surface area contributed by atoms with Crippen molar-refractivity contribution in [2.24, 2.45) is 5.92 Å². The third-order valence-corrected chi connectivity index (χ3v) is 3.54. The molecular formula is C13H16ClNO. The maximum absolute atomic E-state index is 12.0. The molecule has 1 heterocycles. The minimum Gasteiger partial charge on any atom is -0.316 e. The molecule has 0 amide bonds. The lowest BCUT2D eigenvalue weighted by atomic mass is 9.97. The summed E-state index contributed by atoms with van der Waals surface area (Å²) in [6.45, 7) is 3.94. The van der Waals surface area contributed by atoms with Crippen LogP contribution in [0.2, 0.25) is 5.02 Å². The van der Waals surface area contributed by atoms with E-state index in [-0.39, 0.29) is 5.78 Å². The lowest BCUT2D eigenvalue weighted by Gasteiger charge is -2.08. The minimum atomic E-state index is 0.204. The summed E-state index contributed by atoms with van der Waals surface area (Å²) in [6, 6.07) is 5.55. The summed E-state index contributed by atoms with van der Waals surface area (Å²) < 4.78 is 0. The number of hydrogen-bond donors (Lipinski definition) is 1. The molecule has 0 saturated carbocycles. The van der Waals surface area contributed by atoms with Crippen molar-refractivity contribution in [2.75, 3.05) is 13.1 Å². The molecule has 3 heteroatoms. The number of ketones is 1. The van der Waals surface area contributed by atoms with Gasteiger partial charge in [-0.15, -0.1) is 0 Å². The number of carbonyl (C=O) groups excluding carboxylic acids is 1. The van der Waals surface area contributed by atoms with Crippen molar-refractivity contribution in [3.05, 3.63) is 34.3 Å². The van der Waals surface area contributed by atoms with Gasteiger partial charge in [0.25, 0.3) is 0 Å². The predicted molar refractivity (Wildman–Crippen MR) is 66.1 cm³/mol. The first-order valence-electron chi connectivity index (χ1n) is 5.67. The molecule has 2 nitrogen and oxygen atoms in total. The third kappa shape index (κ3) is 2.63. The second-order valence-electron chi connectivity index (χ2n) is 4.45. The summed E-state index contributed by atoms with van der Waals surface area (Å²) in [6.07, 6.45) is 1.73. The first-order valence-corrected chi connectivity index (χ1v) is 6.04. The molecule has 1 unspecified atom stereocenters. The average Bonchev–Trinajstić information content (AvgIpc) is 2.74. The van der Waals surface area contributed by atoms with Gasteiger partial charge in [0.15, 0.2) is 5.78 Å². The molecule has 1 aliphatic heterocycles. The number of aryl methyl sites for hydroxylation is 1. The zero-order chi connectivity index (χ0) is 11.5. The number of halogens is 1. The molecule has 0 bridgehead atoms. The predicted octanol–water partition coefficient (Wildman–Crippen LogP) is 2.83. The summed E-state index contributed by atoms with van der Waals surface area (Å²) >= 11 is 6.01. The highest BCUT2D eigenvalue weighted by molar-refractivity contribution is 6.31. The quantitative estimate of drug-likeness (QED) is 0.820. The molecule has 86 valence electrons. The molecule has 16 heavy (non-hydrogen) atoms. The van der Waals surface area contributed by atoms with Crippen LogP contribution < -0.4 is 5.32 Å². The summed E-state index contributed by atoms with van der Waals surface area (Å²) in [5.74, 6) is 0.697. The molecule has 1 saturated heterocycles. The largest absolute Gasteiger partial charge is 0.316 e. The van der Waals surface area contributed by atoms with Gasteiger partial charge < -0.3 is 5.32 Å². The van der Waals surface area contributed by atoms with Crippen LogP contribution in [0.4, 0.5) is 0 Å². The van der Waals surface area contributed by atoms with Crippen LogP contribution in [0.15, 0.2) is 18.2 Å². The molecule has 2 rings (SSSR count). The average molecular weight is 238 g/mol. The van der Waals surface area contributed by atoms with E-state index >= 15 is 0 Å². The van der Waals surface area contributed by atoms with Crippen LogP contribution in [0.5, 0.6) is 0 Å². The van der Waals surface area contributed by atoms with Gasteiger partial charge in [-0.25, -0.2) is 0 Å². The Hall–Kier alpha value is -0.860. The maximum Gasteiger partial charge on any atom is 0.163 e. The van der Waals surface area contributed by atoms with Gasteiger partial charge in [-0.1, -0.05) is 23.7 Å². The molecular weight excluding hydrogens is 222 g/mol. The van der Waals surface area contributed by atoms with Crippen molar-refractivity contribution in [3.63, 3.8) is 0 Å². The highest BCUT2D eigenvalue weighted by Crippen LogP contribution is 2.20. The topological polar surface area (TPSA) is 29.1 Å². The highest BCUT2D eigenvalue weighted by Gasteiger charge is 2.19. The van der Waals surface area contributed by atoms with E-state index in [0.29, 0.717) is 17.4 Å². The van der Waals surface area contributed by atoms with Crippen molar-refractivity contribution in [1.82, 2.24) is 5.32 Å². The van der Waals surface area contributed by atoms with E-state index in [9.17, 15) is 4.79 Å². The van der Waals surface area contributed by atoms with Gasteiger partial charge in [-0.05, 0) is 44.0 Å². The minimum absolute atomic E-state index is 0.204. The van der Waals surface area contributed by atoms with Gasteiger partial charge in [0.1, 0.15) is 0 Å². The third-order valence-electron chi connectivity index (χ3n) is 3.13. The van der Waals surface area contributed by atoms with Crippen LogP contribution in [0.3, 0.4) is 0 Å². The molecule has 1 N–H and O–H groups in total. The Kier molecular flexibility index (Phi) is 3.62. The molecule has 1 aliphatic rings. The Morgan fingerprint density at radius 1 is 1.56 bits per heavy atom. The number of rotatable bonds is 3. The van der Waals surface area contributed by atoms with E-state index in [1.165, 1.54) is 0 Å². The summed E-state index contributed by atoms with van der Waals surface area (Å²) in [4.78, 5) is 12.0. The monoisotopic (exact) mass is 237 g/mol. The summed E-state index contributed by atoms with van der Waals surface area (Å²) in [5.41, 5.74) is 1.75. The van der Waals surface area contributed by atoms with Crippen LogP contribution in [-0.2, 0) is 0 Å². The molecule has 0 radical (unpaired) electrons. The number of Topliss-reactive ketones (excluding diaryl/α,β-unsaturated/α-hetero) is 1. The summed E-state index contributed by atoms with van der Waals surface area (Å²) in [5, 5.41) is 3.95. The molecule has 1 aromatic carbocycles. The van der Waals surface area contributed by atoms with Crippen LogP contribution in [0, 0.1) is 12.8 Å². The summed E-state index contributed by atoms with van der Waals surface area (Å²) in [7, 11) is 0. The standard InChI is InChI=1S/C13H16ClNO/c1-9-2-3-11(7-12(9)14)13(16)6-10-4-5-15-8-10/h2-3,7,10,15H,4-6,8H2,1H3. The van der Waals surface area contributed by atoms with Crippen LogP contribution >= 0.6 is 11.6 Å². The van der Waals surface area contributed by atoms with Crippen LogP contribution in [0.1, 0.15) is 28.8 Å². The second kappa shape index (κ2) is 4.98. The second-order valence-corrected chi connectivity index (χ2v) is 4.86. The Bertz CT molecular complexity index is 397. The zero-order valence-electron chi connectivity index (χ0n) is 9.42. The fourth-order valence-electron chi connectivity index (χ4n) is 2.04. The fraction of sp³-hybridized carbons (Fsp3) is 0.462. The molecule has 0 spiro atoms. The van der Waals surface area contributed by atoms with Crippen molar-refractivity contribution < 1.29 is 4.79 Å². The Morgan fingerprint density at radius 3 is 3.00 bits per heavy atom. The maximum atomic E-state index is 12.0. The number of hydrogen-bond acceptors (Lipinski definition) is 2. The fourth-order valence-corrected chi connectivity index (χ4v) is 2.22.